The van der Waals surface area contributed by atoms with Crippen LogP contribution < -0.4 is 10.6 Å². The highest BCUT2D eigenvalue weighted by Crippen LogP contribution is 2.34. The quantitative estimate of drug-likeness (QED) is 0.710. The Labute approximate surface area is 169 Å². The Morgan fingerprint density at radius 2 is 1.83 bits per heavy atom. The van der Waals surface area contributed by atoms with E-state index in [0.717, 1.165) is 49.8 Å². The van der Waals surface area contributed by atoms with Gasteiger partial charge in [-0.15, -0.1) is 5.10 Å². The van der Waals surface area contributed by atoms with Crippen molar-refractivity contribution in [1.29, 1.82) is 0 Å². The minimum Gasteiger partial charge on any atom is -0.317 e. The van der Waals surface area contributed by atoms with E-state index in [-0.39, 0.29) is 5.91 Å². The van der Waals surface area contributed by atoms with Crippen molar-refractivity contribution in [3.8, 4) is 0 Å². The minimum atomic E-state index is -0.252. The second kappa shape index (κ2) is 7.94. The number of benzene rings is 1. The molecule has 0 atom stereocenters. The Morgan fingerprint density at radius 1 is 1.03 bits per heavy atom. The average Bonchev–Trinajstić information content (AvgIpc) is 3.40. The third-order valence-corrected chi connectivity index (χ3v) is 6.19. The van der Waals surface area contributed by atoms with Crippen molar-refractivity contribution >= 4 is 22.9 Å². The van der Waals surface area contributed by atoms with E-state index in [4.69, 9.17) is 4.98 Å². The Morgan fingerprint density at radius 3 is 2.66 bits per heavy atom. The fourth-order valence-electron chi connectivity index (χ4n) is 4.64. The van der Waals surface area contributed by atoms with E-state index in [0.29, 0.717) is 23.7 Å². The Hall–Kier alpha value is -2.74. The topological polar surface area (TPSA) is 89.7 Å². The second-order valence-electron chi connectivity index (χ2n) is 8.11. The molecule has 152 valence electrons. The molecule has 29 heavy (non-hydrogen) atoms. The molecular formula is C21H27N7O. The summed E-state index contributed by atoms with van der Waals surface area (Å²) in [4.78, 5) is 17.6. The minimum absolute atomic E-state index is 0.252. The molecule has 8 heteroatoms. The molecule has 8 nitrogen and oxygen atoms in total. The number of imidazole rings is 1. The average molecular weight is 393 g/mol. The molecule has 0 unspecified atom stereocenters. The number of rotatable bonds is 4. The lowest BCUT2D eigenvalue weighted by Crippen LogP contribution is -2.29. The lowest BCUT2D eigenvalue weighted by Gasteiger charge is -2.25. The van der Waals surface area contributed by atoms with Crippen molar-refractivity contribution in [3.05, 3.63) is 36.2 Å². The van der Waals surface area contributed by atoms with Gasteiger partial charge in [0.1, 0.15) is 0 Å². The van der Waals surface area contributed by atoms with Gasteiger partial charge in [0, 0.05) is 6.04 Å². The fraction of sp³-hybridized carbons (Fsp3) is 0.524. The number of anilines is 1. The van der Waals surface area contributed by atoms with Crippen LogP contribution in [0.2, 0.25) is 0 Å². The highest BCUT2D eigenvalue weighted by molar-refractivity contribution is 6.02. The van der Waals surface area contributed by atoms with E-state index < -0.39 is 0 Å². The fourth-order valence-corrected chi connectivity index (χ4v) is 4.64. The van der Waals surface area contributed by atoms with Crippen LogP contribution in [0, 0.1) is 0 Å². The summed E-state index contributed by atoms with van der Waals surface area (Å²) in [6.07, 6.45) is 9.72. The van der Waals surface area contributed by atoms with Crippen molar-refractivity contribution in [2.45, 2.75) is 57.0 Å². The molecule has 1 saturated carbocycles. The first-order valence-electron chi connectivity index (χ1n) is 10.7. The number of hydrogen-bond donors (Lipinski definition) is 2. The maximum atomic E-state index is 12.9. The molecule has 1 aliphatic carbocycles. The predicted octanol–water partition coefficient (Wildman–Crippen LogP) is 3.31. The number of fused-ring (bicyclic) bond motifs is 1. The van der Waals surface area contributed by atoms with Gasteiger partial charge in [0.25, 0.3) is 5.91 Å². The number of carbonyl (C=O) groups is 1. The van der Waals surface area contributed by atoms with Crippen molar-refractivity contribution in [2.75, 3.05) is 18.4 Å². The van der Waals surface area contributed by atoms with Gasteiger partial charge in [0.2, 0.25) is 5.95 Å². The third kappa shape index (κ3) is 3.64. The van der Waals surface area contributed by atoms with Gasteiger partial charge < -0.3 is 9.88 Å². The van der Waals surface area contributed by atoms with E-state index in [1.807, 2.05) is 22.9 Å². The van der Waals surface area contributed by atoms with Gasteiger partial charge in [0.15, 0.2) is 5.69 Å². The first kappa shape index (κ1) is 18.3. The zero-order valence-electron chi connectivity index (χ0n) is 16.5. The van der Waals surface area contributed by atoms with Crippen molar-refractivity contribution < 1.29 is 4.79 Å². The highest BCUT2D eigenvalue weighted by Gasteiger charge is 2.24. The van der Waals surface area contributed by atoms with Gasteiger partial charge in [0.05, 0.1) is 23.3 Å². The first-order valence-corrected chi connectivity index (χ1v) is 10.7. The van der Waals surface area contributed by atoms with Gasteiger partial charge in [-0.05, 0) is 50.9 Å². The number of aromatic nitrogens is 5. The van der Waals surface area contributed by atoms with Crippen LogP contribution in [-0.2, 0) is 0 Å². The van der Waals surface area contributed by atoms with Gasteiger partial charge in [-0.25, -0.2) is 9.67 Å². The van der Waals surface area contributed by atoms with Crippen molar-refractivity contribution in [2.24, 2.45) is 0 Å². The van der Waals surface area contributed by atoms with Crippen LogP contribution in [0.25, 0.3) is 11.0 Å². The zero-order chi connectivity index (χ0) is 19.6. The summed E-state index contributed by atoms with van der Waals surface area (Å²) < 4.78 is 4.05. The van der Waals surface area contributed by atoms with Gasteiger partial charge in [-0.1, -0.05) is 36.6 Å². The maximum absolute atomic E-state index is 12.9. The number of piperidine rings is 1. The Balaban J connectivity index is 1.41. The van der Waals surface area contributed by atoms with Crippen molar-refractivity contribution in [1.82, 2.24) is 29.9 Å². The van der Waals surface area contributed by atoms with Crippen LogP contribution in [-0.4, -0.2) is 43.5 Å². The molecule has 3 aromatic rings. The molecule has 0 bridgehead atoms. The van der Waals surface area contributed by atoms with Crippen LogP contribution in [0.3, 0.4) is 0 Å². The normalized spacial score (nSPS) is 18.9. The Kier molecular flexibility index (Phi) is 5.01. The van der Waals surface area contributed by atoms with E-state index in [9.17, 15) is 4.79 Å². The largest absolute Gasteiger partial charge is 0.317 e. The number of nitrogens with one attached hydrogen (secondary N) is 2. The first-order chi connectivity index (χ1) is 14.3. The standard InChI is InChI=1S/C21H27N7O/c29-20(18-14-27(26-25-18)15-10-12-22-13-11-15)24-21-23-17-8-4-5-9-19(17)28(21)16-6-2-1-3-7-16/h4-5,8-9,14-16,22H,1-3,6-7,10-13H2,(H,23,24,29). The third-order valence-electron chi connectivity index (χ3n) is 6.19. The predicted molar refractivity (Wildman–Crippen MR) is 111 cm³/mol. The molecular weight excluding hydrogens is 366 g/mol. The molecule has 1 amide bonds. The molecule has 1 aliphatic heterocycles. The molecule has 2 aliphatic rings. The number of amides is 1. The lowest BCUT2D eigenvalue weighted by atomic mass is 9.95. The molecule has 2 N–H and O–H groups in total. The highest BCUT2D eigenvalue weighted by atomic mass is 16.2. The molecule has 5 rings (SSSR count). The van der Waals surface area contributed by atoms with Gasteiger partial charge >= 0.3 is 0 Å². The summed E-state index contributed by atoms with van der Waals surface area (Å²) in [5.74, 6) is 0.358. The summed E-state index contributed by atoms with van der Waals surface area (Å²) >= 11 is 0. The summed E-state index contributed by atoms with van der Waals surface area (Å²) in [7, 11) is 0. The zero-order valence-corrected chi connectivity index (χ0v) is 16.5. The lowest BCUT2D eigenvalue weighted by molar-refractivity contribution is 0.102. The summed E-state index contributed by atoms with van der Waals surface area (Å²) in [6, 6.07) is 8.77. The van der Waals surface area contributed by atoms with Crippen LogP contribution in [0.1, 0.15) is 67.5 Å². The number of nitrogens with zero attached hydrogens (tertiary/aromatic N) is 5. The van der Waals surface area contributed by atoms with Crippen LogP contribution in [0.15, 0.2) is 30.5 Å². The molecule has 0 radical (unpaired) electrons. The van der Waals surface area contributed by atoms with Crippen molar-refractivity contribution in [3.63, 3.8) is 0 Å². The molecule has 1 aromatic carbocycles. The molecule has 2 fully saturated rings. The summed E-state index contributed by atoms with van der Waals surface area (Å²) in [6.45, 7) is 1.94. The Bertz CT molecular complexity index is 996. The smallest absolute Gasteiger partial charge is 0.280 e. The van der Waals surface area contributed by atoms with E-state index >= 15 is 0 Å². The number of para-hydroxylation sites is 2. The van der Waals surface area contributed by atoms with E-state index in [2.05, 4.69) is 31.6 Å². The monoisotopic (exact) mass is 393 g/mol. The SMILES string of the molecule is O=C(Nc1nc2ccccc2n1C1CCCCC1)c1cn(C2CCNCC2)nn1. The van der Waals surface area contributed by atoms with Gasteiger partial charge in [-0.2, -0.15) is 0 Å². The van der Waals surface area contributed by atoms with Crippen LogP contribution in [0.5, 0.6) is 0 Å². The van der Waals surface area contributed by atoms with Crippen LogP contribution in [0.4, 0.5) is 5.95 Å². The second-order valence-corrected chi connectivity index (χ2v) is 8.11. The summed E-state index contributed by atoms with van der Waals surface area (Å²) in [5, 5.41) is 14.7. The van der Waals surface area contributed by atoms with Gasteiger partial charge in [-0.3, -0.25) is 10.1 Å². The molecule has 3 heterocycles. The van der Waals surface area contributed by atoms with E-state index in [1.54, 1.807) is 6.20 Å². The molecule has 2 aromatic heterocycles. The summed E-state index contributed by atoms with van der Waals surface area (Å²) in [5.41, 5.74) is 2.32. The van der Waals surface area contributed by atoms with E-state index in [1.165, 1.54) is 19.3 Å². The number of carbonyl (C=O) groups excluding carboxylic acids is 1. The maximum Gasteiger partial charge on any atom is 0.280 e. The number of hydrogen-bond acceptors (Lipinski definition) is 5. The molecule has 0 spiro atoms. The van der Waals surface area contributed by atoms with Crippen LogP contribution >= 0.6 is 0 Å². The molecule has 1 saturated heterocycles.